The molecular weight excluding hydrogens is 382 g/mol. The predicted octanol–water partition coefficient (Wildman–Crippen LogP) is 2.82. The van der Waals surface area contributed by atoms with Gasteiger partial charge < -0.3 is 19.5 Å². The van der Waals surface area contributed by atoms with Crippen LogP contribution >= 0.6 is 0 Å². The molecule has 160 valence electrons. The molecule has 0 spiro atoms. The zero-order valence-corrected chi connectivity index (χ0v) is 17.4. The molecule has 2 saturated heterocycles. The molecule has 4 rings (SSSR count). The largest absolute Gasteiger partial charge is 0.469 e. The fourth-order valence-electron chi connectivity index (χ4n) is 4.66. The van der Waals surface area contributed by atoms with E-state index in [1.54, 1.807) is 0 Å². The maximum absolute atomic E-state index is 13.1. The molecule has 2 aliphatic rings. The normalized spacial score (nSPS) is 20.4. The van der Waals surface area contributed by atoms with Crippen molar-refractivity contribution in [3.05, 3.63) is 36.0 Å². The molecule has 0 saturated carbocycles. The number of amides is 2. The number of ether oxygens (including phenoxy) is 1. The van der Waals surface area contributed by atoms with E-state index in [2.05, 4.69) is 4.98 Å². The molecule has 2 aliphatic heterocycles. The third-order valence-electron chi connectivity index (χ3n) is 6.47. The number of likely N-dealkylation sites (tertiary alicyclic amines) is 2. The number of hydrogen-bond donors (Lipinski definition) is 1. The molecule has 1 aromatic heterocycles. The number of benzene rings is 1. The summed E-state index contributed by atoms with van der Waals surface area (Å²) in [7, 11) is 1.41. The quantitative estimate of drug-likeness (QED) is 0.785. The van der Waals surface area contributed by atoms with Gasteiger partial charge in [0.1, 0.15) is 0 Å². The number of piperidine rings is 2. The van der Waals surface area contributed by atoms with E-state index < -0.39 is 0 Å². The lowest BCUT2D eigenvalue weighted by atomic mass is 9.91. The Morgan fingerprint density at radius 2 is 1.87 bits per heavy atom. The average molecular weight is 412 g/mol. The third kappa shape index (κ3) is 4.35. The molecule has 0 unspecified atom stereocenters. The van der Waals surface area contributed by atoms with Gasteiger partial charge in [-0.05, 0) is 55.2 Å². The predicted molar refractivity (Wildman–Crippen MR) is 113 cm³/mol. The summed E-state index contributed by atoms with van der Waals surface area (Å²) < 4.78 is 4.75. The van der Waals surface area contributed by atoms with Crippen LogP contribution in [-0.2, 0) is 14.3 Å². The molecule has 7 nitrogen and oxygen atoms in total. The first-order chi connectivity index (χ1) is 14.5. The Labute approximate surface area is 176 Å². The van der Waals surface area contributed by atoms with Crippen molar-refractivity contribution in [3.63, 3.8) is 0 Å². The fraction of sp³-hybridized carbons (Fsp3) is 0.522. The highest BCUT2D eigenvalue weighted by Gasteiger charge is 2.33. The second-order valence-electron chi connectivity index (χ2n) is 8.42. The molecule has 1 atom stereocenters. The highest BCUT2D eigenvalue weighted by atomic mass is 16.5. The Bertz CT molecular complexity index is 929. The van der Waals surface area contributed by atoms with E-state index in [-0.39, 0.29) is 29.6 Å². The van der Waals surface area contributed by atoms with Crippen LogP contribution in [0, 0.1) is 11.8 Å². The van der Waals surface area contributed by atoms with E-state index >= 15 is 0 Å². The van der Waals surface area contributed by atoms with Gasteiger partial charge >= 0.3 is 5.97 Å². The summed E-state index contributed by atoms with van der Waals surface area (Å²) in [5, 5.41) is 1.08. The molecule has 0 aliphatic carbocycles. The second-order valence-corrected chi connectivity index (χ2v) is 8.42. The van der Waals surface area contributed by atoms with E-state index in [4.69, 9.17) is 4.74 Å². The van der Waals surface area contributed by atoms with Crippen LogP contribution < -0.4 is 0 Å². The smallest absolute Gasteiger partial charge is 0.305 e. The summed E-state index contributed by atoms with van der Waals surface area (Å²) in [6.07, 6.45) is 5.60. The summed E-state index contributed by atoms with van der Waals surface area (Å²) in [6.45, 7) is 2.51. The van der Waals surface area contributed by atoms with E-state index in [1.165, 1.54) is 7.11 Å². The number of aromatic amines is 1. The highest BCUT2D eigenvalue weighted by Crippen LogP contribution is 2.26. The van der Waals surface area contributed by atoms with Crippen molar-refractivity contribution in [2.45, 2.75) is 32.1 Å². The Morgan fingerprint density at radius 3 is 2.63 bits per heavy atom. The van der Waals surface area contributed by atoms with Gasteiger partial charge in [0.2, 0.25) is 5.91 Å². The number of hydrogen-bond acceptors (Lipinski definition) is 4. The number of rotatable bonds is 4. The molecule has 2 aromatic rings. The topological polar surface area (TPSA) is 82.7 Å². The van der Waals surface area contributed by atoms with Crippen molar-refractivity contribution in [2.24, 2.45) is 11.8 Å². The Balaban J connectivity index is 1.35. The fourth-order valence-corrected chi connectivity index (χ4v) is 4.66. The first kappa shape index (κ1) is 20.4. The Kier molecular flexibility index (Phi) is 6.06. The first-order valence-corrected chi connectivity index (χ1v) is 10.8. The molecule has 1 N–H and O–H groups in total. The van der Waals surface area contributed by atoms with Crippen LogP contribution in [-0.4, -0.2) is 65.9 Å². The van der Waals surface area contributed by atoms with Gasteiger partial charge in [-0.25, -0.2) is 0 Å². The second kappa shape index (κ2) is 8.90. The molecule has 0 bridgehead atoms. The number of fused-ring (bicyclic) bond motifs is 1. The minimum atomic E-state index is -0.182. The lowest BCUT2D eigenvalue weighted by Gasteiger charge is -2.37. The number of carbonyl (C=O) groups is 3. The number of nitrogens with one attached hydrogen (secondary N) is 1. The van der Waals surface area contributed by atoms with Gasteiger partial charge in [-0.1, -0.05) is 6.07 Å². The van der Waals surface area contributed by atoms with Crippen molar-refractivity contribution < 1.29 is 19.1 Å². The van der Waals surface area contributed by atoms with Crippen LogP contribution in [0.1, 0.15) is 42.5 Å². The molecule has 1 aromatic carbocycles. The van der Waals surface area contributed by atoms with Crippen molar-refractivity contribution in [2.75, 3.05) is 33.3 Å². The van der Waals surface area contributed by atoms with Crippen LogP contribution in [0.3, 0.4) is 0 Å². The lowest BCUT2D eigenvalue weighted by molar-refractivity contribution is -0.142. The summed E-state index contributed by atoms with van der Waals surface area (Å²) >= 11 is 0. The summed E-state index contributed by atoms with van der Waals surface area (Å²) in [4.78, 5) is 44.5. The van der Waals surface area contributed by atoms with Crippen molar-refractivity contribution in [1.29, 1.82) is 0 Å². The van der Waals surface area contributed by atoms with Gasteiger partial charge in [-0.3, -0.25) is 14.4 Å². The van der Waals surface area contributed by atoms with Crippen molar-refractivity contribution in [1.82, 2.24) is 14.8 Å². The van der Waals surface area contributed by atoms with Crippen molar-refractivity contribution >= 4 is 28.7 Å². The average Bonchev–Trinajstić information content (AvgIpc) is 3.26. The summed E-state index contributed by atoms with van der Waals surface area (Å²) in [5.74, 6) is 0.0892. The number of carbonyl (C=O) groups excluding carboxylic acids is 3. The molecule has 2 fully saturated rings. The molecule has 30 heavy (non-hydrogen) atoms. The SMILES string of the molecule is COC(=O)CC1CCN(C(=O)[C@H]2CCCN(C(=O)c3ccc4cc[nH]c4c3)C2)CC1. The number of methoxy groups -OCH3 is 1. The van der Waals surface area contributed by atoms with E-state index in [1.807, 2.05) is 40.3 Å². The van der Waals surface area contributed by atoms with Gasteiger partial charge in [-0.2, -0.15) is 0 Å². The van der Waals surface area contributed by atoms with Gasteiger partial charge in [0.15, 0.2) is 0 Å². The molecule has 2 amide bonds. The monoisotopic (exact) mass is 411 g/mol. The minimum Gasteiger partial charge on any atom is -0.469 e. The Hall–Kier alpha value is -2.83. The molecule has 3 heterocycles. The van der Waals surface area contributed by atoms with E-state index in [9.17, 15) is 14.4 Å². The zero-order chi connectivity index (χ0) is 21.1. The molecule has 0 radical (unpaired) electrons. The zero-order valence-electron chi connectivity index (χ0n) is 17.4. The van der Waals surface area contributed by atoms with Crippen molar-refractivity contribution in [3.8, 4) is 0 Å². The summed E-state index contributed by atoms with van der Waals surface area (Å²) in [6, 6.07) is 7.67. The minimum absolute atomic E-state index is 0.0132. The maximum Gasteiger partial charge on any atom is 0.305 e. The van der Waals surface area contributed by atoms with Crippen LogP contribution in [0.15, 0.2) is 30.5 Å². The summed E-state index contributed by atoms with van der Waals surface area (Å²) in [5.41, 5.74) is 1.60. The van der Waals surface area contributed by atoms with Crippen LogP contribution in [0.25, 0.3) is 10.9 Å². The van der Waals surface area contributed by atoms with Gasteiger partial charge in [0.05, 0.1) is 13.0 Å². The standard InChI is InChI=1S/C23H29N3O4/c1-30-21(27)13-16-7-11-25(12-8-16)23(29)19-3-2-10-26(15-19)22(28)18-5-4-17-6-9-24-20(17)14-18/h4-6,9,14,16,19,24H,2-3,7-8,10-13,15H2,1H3/t19-/m0/s1. The van der Waals surface area contributed by atoms with E-state index in [0.29, 0.717) is 38.2 Å². The maximum atomic E-state index is 13.1. The third-order valence-corrected chi connectivity index (χ3v) is 6.47. The molecular formula is C23H29N3O4. The number of esters is 1. The Morgan fingerprint density at radius 1 is 1.07 bits per heavy atom. The number of aromatic nitrogens is 1. The molecule has 7 heteroatoms. The van der Waals surface area contributed by atoms with Gasteiger partial charge in [-0.15, -0.1) is 0 Å². The van der Waals surface area contributed by atoms with Gasteiger partial charge in [0, 0.05) is 49.9 Å². The van der Waals surface area contributed by atoms with Crippen LogP contribution in [0.4, 0.5) is 0 Å². The first-order valence-electron chi connectivity index (χ1n) is 10.8. The lowest BCUT2D eigenvalue weighted by Crippen LogP contribution is -2.48. The van der Waals surface area contributed by atoms with Crippen LogP contribution in [0.5, 0.6) is 0 Å². The van der Waals surface area contributed by atoms with E-state index in [0.717, 1.165) is 36.6 Å². The number of nitrogens with zero attached hydrogens (tertiary/aromatic N) is 2. The van der Waals surface area contributed by atoms with Gasteiger partial charge in [0.25, 0.3) is 5.91 Å². The van der Waals surface area contributed by atoms with Crippen LogP contribution in [0.2, 0.25) is 0 Å². The highest BCUT2D eigenvalue weighted by molar-refractivity contribution is 5.98. The number of H-pyrrole nitrogens is 1.